The van der Waals surface area contributed by atoms with Gasteiger partial charge in [0.05, 0.1) is 32.8 Å². The summed E-state index contributed by atoms with van der Waals surface area (Å²) >= 11 is 0. The Labute approximate surface area is 372 Å². The number of carbonyl (C=O) groups is 10. The number of benzene rings is 1. The van der Waals surface area contributed by atoms with Crippen molar-refractivity contribution in [1.82, 2.24) is 5.32 Å². The zero-order chi connectivity index (χ0) is 48.6. The third-order valence-electron chi connectivity index (χ3n) is 9.09. The maximum absolute atomic E-state index is 14.1. The van der Waals surface area contributed by atoms with Crippen LogP contribution in [0.2, 0.25) is 0 Å². The second-order valence-electron chi connectivity index (χ2n) is 14.4. The fraction of sp³-hybridized carbons (Fsp3) is 0.610. The third kappa shape index (κ3) is 16.4. The van der Waals surface area contributed by atoms with Crippen LogP contribution in [0.25, 0.3) is 0 Å². The molecule has 0 unspecified atom stereocenters. The number of methoxy groups -OCH3 is 1. The highest BCUT2D eigenvalue weighted by Gasteiger charge is 2.61. The molecule has 2 aliphatic rings. The molecule has 1 N–H and O–H groups in total. The number of amides is 1. The number of carbonyl (C=O) groups excluding carboxylic acids is 10. The van der Waals surface area contributed by atoms with Gasteiger partial charge in [-0.25, -0.2) is 4.79 Å². The first-order valence-electron chi connectivity index (χ1n) is 19.9. The van der Waals surface area contributed by atoms with Crippen LogP contribution in [0.1, 0.15) is 67.4 Å². The van der Waals surface area contributed by atoms with Crippen LogP contribution in [0.5, 0.6) is 0 Å². The van der Waals surface area contributed by atoms with Crippen LogP contribution in [0.3, 0.4) is 0 Å². The first kappa shape index (κ1) is 53.1. The van der Waals surface area contributed by atoms with Crippen LogP contribution in [-0.2, 0) is 116 Å². The summed E-state index contributed by atoms with van der Waals surface area (Å²) in [4.78, 5) is 126. The monoisotopic (exact) mass is 927 g/mol. The largest absolute Gasteiger partial charge is 0.465 e. The smallest absolute Gasteiger partial charge is 0.366 e. The Balaban J connectivity index is 2.27. The second kappa shape index (κ2) is 24.7. The van der Waals surface area contributed by atoms with Crippen LogP contribution < -0.4 is 5.32 Å². The van der Waals surface area contributed by atoms with E-state index in [2.05, 4.69) is 5.32 Å². The van der Waals surface area contributed by atoms with Gasteiger partial charge in [0.1, 0.15) is 24.9 Å². The van der Waals surface area contributed by atoms with Crippen molar-refractivity contribution in [3.63, 3.8) is 0 Å². The van der Waals surface area contributed by atoms with Crippen molar-refractivity contribution >= 4 is 59.6 Å². The molecule has 0 spiro atoms. The zero-order valence-electron chi connectivity index (χ0n) is 37.1. The van der Waals surface area contributed by atoms with E-state index in [1.165, 1.54) is 0 Å². The van der Waals surface area contributed by atoms with E-state index < -0.39 is 153 Å². The van der Waals surface area contributed by atoms with E-state index in [-0.39, 0.29) is 6.61 Å². The standard InChI is InChI=1S/C41H53NO23/c1-20(43)54-17-30(59-23(4)46)34(60-24(5)47)36-33(42-32(51)19-55-21(2)44)29(58-22(3)45)15-41(65-36,40(52)53-9)57-18-31-35(61-25(6)48)37(62-26(7)49)38(63-27(8)50)39(64-31)56-16-28-13-11-10-12-14-28/h10-14,29-31,33-39H,15-19H2,1-9H3,(H,42,51)/t29-,30+,31+,33+,34+,35+,36+,37-,38+,39+,41+/m0/s1. The van der Waals surface area contributed by atoms with Gasteiger partial charge in [-0.05, 0) is 5.56 Å². The molecular weight excluding hydrogens is 874 g/mol. The fourth-order valence-electron chi connectivity index (χ4n) is 6.80. The van der Waals surface area contributed by atoms with Gasteiger partial charge in [0, 0.05) is 55.4 Å². The van der Waals surface area contributed by atoms with Gasteiger partial charge in [-0.1, -0.05) is 30.3 Å². The van der Waals surface area contributed by atoms with E-state index in [0.717, 1.165) is 62.5 Å². The van der Waals surface area contributed by atoms with Crippen molar-refractivity contribution in [3.8, 4) is 0 Å². The minimum absolute atomic E-state index is 0.165. The molecule has 2 aliphatic heterocycles. The quantitative estimate of drug-likeness (QED) is 0.131. The Morgan fingerprint density at radius 3 is 1.80 bits per heavy atom. The predicted molar refractivity (Wildman–Crippen MR) is 209 cm³/mol. The first-order valence-corrected chi connectivity index (χ1v) is 19.9. The molecule has 0 saturated carbocycles. The third-order valence-corrected chi connectivity index (χ3v) is 9.09. The van der Waals surface area contributed by atoms with Gasteiger partial charge in [-0.15, -0.1) is 0 Å². The van der Waals surface area contributed by atoms with Crippen LogP contribution in [0.4, 0.5) is 0 Å². The van der Waals surface area contributed by atoms with Gasteiger partial charge in [-0.3, -0.25) is 43.2 Å². The highest BCUT2D eigenvalue weighted by atomic mass is 16.8. The molecular formula is C41H53NO23. The molecule has 1 aromatic rings. The van der Waals surface area contributed by atoms with Crippen molar-refractivity contribution in [2.75, 3.05) is 26.9 Å². The van der Waals surface area contributed by atoms with Gasteiger partial charge in [0.2, 0.25) is 0 Å². The van der Waals surface area contributed by atoms with Crippen molar-refractivity contribution in [3.05, 3.63) is 35.9 Å². The van der Waals surface area contributed by atoms with E-state index >= 15 is 0 Å². The summed E-state index contributed by atoms with van der Waals surface area (Å²) in [5.74, 6) is -12.8. The molecule has 0 aromatic heterocycles. The highest BCUT2D eigenvalue weighted by molar-refractivity contribution is 5.81. The zero-order valence-corrected chi connectivity index (χ0v) is 37.1. The van der Waals surface area contributed by atoms with Gasteiger partial charge >= 0.3 is 53.7 Å². The normalized spacial score (nSPS) is 25.7. The van der Waals surface area contributed by atoms with Gasteiger partial charge in [-0.2, -0.15) is 0 Å². The molecule has 2 fully saturated rings. The number of ether oxygens (including phenoxy) is 13. The number of esters is 9. The number of rotatable bonds is 20. The molecule has 2 heterocycles. The van der Waals surface area contributed by atoms with Gasteiger partial charge in [0.15, 0.2) is 43.4 Å². The minimum Gasteiger partial charge on any atom is -0.465 e. The average molecular weight is 928 g/mol. The average Bonchev–Trinajstić information content (AvgIpc) is 3.21. The molecule has 1 amide bonds. The molecule has 3 rings (SSSR count). The Bertz CT molecular complexity index is 1890. The Morgan fingerprint density at radius 2 is 1.26 bits per heavy atom. The molecule has 65 heavy (non-hydrogen) atoms. The molecule has 0 bridgehead atoms. The molecule has 11 atom stereocenters. The molecule has 24 heteroatoms. The van der Waals surface area contributed by atoms with Crippen molar-refractivity contribution < 1.29 is 110 Å². The Hall–Kier alpha value is -6.24. The molecule has 24 nitrogen and oxygen atoms in total. The summed E-state index contributed by atoms with van der Waals surface area (Å²) in [7, 11) is 0.915. The second-order valence-corrected chi connectivity index (χ2v) is 14.4. The van der Waals surface area contributed by atoms with Crippen LogP contribution in [0.15, 0.2) is 30.3 Å². The van der Waals surface area contributed by atoms with Gasteiger partial charge < -0.3 is 66.9 Å². The summed E-state index contributed by atoms with van der Waals surface area (Å²) in [6, 6.07) is 6.91. The van der Waals surface area contributed by atoms with Crippen LogP contribution in [0, 0.1) is 0 Å². The number of hydrogen-bond acceptors (Lipinski definition) is 23. The lowest BCUT2D eigenvalue weighted by molar-refractivity contribution is -0.342. The number of nitrogens with one attached hydrogen (secondary N) is 1. The summed E-state index contributed by atoms with van der Waals surface area (Å²) in [6.45, 7) is 5.22. The van der Waals surface area contributed by atoms with Crippen molar-refractivity contribution in [1.29, 1.82) is 0 Å². The van der Waals surface area contributed by atoms with E-state index in [1.807, 2.05) is 0 Å². The van der Waals surface area contributed by atoms with E-state index in [1.54, 1.807) is 30.3 Å². The highest BCUT2D eigenvalue weighted by Crippen LogP contribution is 2.39. The Morgan fingerprint density at radius 1 is 0.692 bits per heavy atom. The summed E-state index contributed by atoms with van der Waals surface area (Å²) in [5, 5.41) is 2.46. The molecule has 0 aliphatic carbocycles. The summed E-state index contributed by atoms with van der Waals surface area (Å²) in [5.41, 5.74) is 0.622. The predicted octanol–water partition coefficient (Wildman–Crippen LogP) is -0.196. The SMILES string of the molecule is COC(=O)[C@@]1(OC[C@H]2O[C@@H](OCc3ccccc3)[C@H](OC(C)=O)[C@@H](OC(C)=O)[C@@H]2OC(C)=O)C[C@H](OC(C)=O)[C@@H](NC(=O)COC(C)=O)[C@H]([C@H](OC(C)=O)[C@@H](COC(C)=O)OC(C)=O)O1. The first-order chi connectivity index (χ1) is 30.5. The topological polar surface area (TPSA) is 303 Å². The summed E-state index contributed by atoms with van der Waals surface area (Å²) < 4.78 is 73.0. The molecule has 2 saturated heterocycles. The van der Waals surface area contributed by atoms with Crippen molar-refractivity contribution in [2.45, 2.75) is 135 Å². The maximum atomic E-state index is 14.1. The lowest BCUT2D eigenvalue weighted by Gasteiger charge is -2.49. The lowest BCUT2D eigenvalue weighted by Crippen LogP contribution is -2.70. The summed E-state index contributed by atoms with van der Waals surface area (Å²) in [6.07, 6.45) is -16.4. The molecule has 1 aromatic carbocycles. The van der Waals surface area contributed by atoms with Crippen LogP contribution >= 0.6 is 0 Å². The van der Waals surface area contributed by atoms with Crippen molar-refractivity contribution in [2.24, 2.45) is 0 Å². The molecule has 0 radical (unpaired) electrons. The Kier molecular flexibility index (Phi) is 20.2. The van der Waals surface area contributed by atoms with Gasteiger partial charge in [0.25, 0.3) is 11.7 Å². The van der Waals surface area contributed by atoms with E-state index in [9.17, 15) is 47.9 Å². The molecule has 360 valence electrons. The number of hydrogen-bond donors (Lipinski definition) is 1. The fourth-order valence-corrected chi connectivity index (χ4v) is 6.80. The van der Waals surface area contributed by atoms with E-state index in [0.29, 0.717) is 5.56 Å². The van der Waals surface area contributed by atoms with E-state index in [4.69, 9.17) is 61.6 Å². The van der Waals surface area contributed by atoms with Crippen LogP contribution in [-0.4, -0.2) is 154 Å². The maximum Gasteiger partial charge on any atom is 0.366 e. The minimum atomic E-state index is -2.81. The lowest BCUT2D eigenvalue weighted by atomic mass is 9.87.